The van der Waals surface area contributed by atoms with Crippen LogP contribution in [0.2, 0.25) is 5.02 Å². The van der Waals surface area contributed by atoms with Gasteiger partial charge in [-0.3, -0.25) is 9.80 Å². The molecule has 0 aliphatic carbocycles. The van der Waals surface area contributed by atoms with Gasteiger partial charge in [0, 0.05) is 49.9 Å². The van der Waals surface area contributed by atoms with Crippen LogP contribution < -0.4 is 0 Å². The first kappa shape index (κ1) is 15.7. The number of rotatable bonds is 4. The minimum atomic E-state index is -0.662. The second-order valence-electron chi connectivity index (χ2n) is 6.10. The van der Waals surface area contributed by atoms with Gasteiger partial charge in [-0.2, -0.15) is 0 Å². The zero-order valence-corrected chi connectivity index (χ0v) is 12.8. The Labute approximate surface area is 124 Å². The van der Waals surface area contributed by atoms with Crippen molar-refractivity contribution in [1.29, 1.82) is 0 Å². The van der Waals surface area contributed by atoms with Crippen molar-refractivity contribution in [3.63, 3.8) is 0 Å². The van der Waals surface area contributed by atoms with Crippen LogP contribution in [0.1, 0.15) is 19.4 Å². The summed E-state index contributed by atoms with van der Waals surface area (Å²) in [4.78, 5) is 4.47. The van der Waals surface area contributed by atoms with E-state index in [2.05, 4.69) is 9.80 Å². The number of benzene rings is 1. The summed E-state index contributed by atoms with van der Waals surface area (Å²) in [6.07, 6.45) is 0. The first-order valence-corrected chi connectivity index (χ1v) is 7.32. The van der Waals surface area contributed by atoms with Gasteiger partial charge in [0.15, 0.2) is 0 Å². The number of hydrogen-bond acceptors (Lipinski definition) is 3. The zero-order valence-electron chi connectivity index (χ0n) is 12.1. The predicted octanol–water partition coefficient (Wildman–Crippen LogP) is 2.37. The van der Waals surface area contributed by atoms with E-state index in [0.29, 0.717) is 23.7 Å². The molecule has 1 aromatic carbocycles. The Morgan fingerprint density at radius 1 is 1.20 bits per heavy atom. The summed E-state index contributed by atoms with van der Waals surface area (Å²) in [6.45, 7) is 8.51. The van der Waals surface area contributed by atoms with Crippen LogP contribution in [0, 0.1) is 5.82 Å². The van der Waals surface area contributed by atoms with E-state index in [0.717, 1.165) is 26.2 Å². The molecule has 1 aromatic rings. The third-order valence-corrected chi connectivity index (χ3v) is 3.72. The molecule has 1 N–H and O–H groups in total. The maximum absolute atomic E-state index is 13.7. The Balaban J connectivity index is 1.85. The number of hydrogen-bond donors (Lipinski definition) is 1. The van der Waals surface area contributed by atoms with E-state index in [4.69, 9.17) is 11.6 Å². The Morgan fingerprint density at radius 2 is 1.80 bits per heavy atom. The molecule has 0 saturated carbocycles. The summed E-state index contributed by atoms with van der Waals surface area (Å²) < 4.78 is 13.7. The van der Waals surface area contributed by atoms with Crippen LogP contribution in [0.3, 0.4) is 0 Å². The van der Waals surface area contributed by atoms with Gasteiger partial charge in [-0.15, -0.1) is 0 Å². The molecule has 1 aliphatic rings. The number of β-amino-alcohol motifs (C(OH)–C–C–N with tert-alkyl or cyclic N) is 1. The molecule has 1 aliphatic heterocycles. The number of nitrogens with zero attached hydrogens (tertiary/aromatic N) is 2. The van der Waals surface area contributed by atoms with Crippen LogP contribution in [0.15, 0.2) is 18.2 Å². The lowest BCUT2D eigenvalue weighted by Crippen LogP contribution is -2.50. The minimum absolute atomic E-state index is 0.239. The molecule has 0 radical (unpaired) electrons. The highest BCUT2D eigenvalue weighted by molar-refractivity contribution is 6.30. The van der Waals surface area contributed by atoms with Gasteiger partial charge in [0.25, 0.3) is 0 Å². The van der Waals surface area contributed by atoms with E-state index >= 15 is 0 Å². The number of aliphatic hydroxyl groups is 1. The molecule has 0 spiro atoms. The molecule has 0 bridgehead atoms. The van der Waals surface area contributed by atoms with Crippen molar-refractivity contribution in [2.24, 2.45) is 0 Å². The van der Waals surface area contributed by atoms with E-state index in [1.165, 1.54) is 6.07 Å². The highest BCUT2D eigenvalue weighted by Crippen LogP contribution is 2.17. The molecule has 1 saturated heterocycles. The van der Waals surface area contributed by atoms with Gasteiger partial charge in [0.1, 0.15) is 5.82 Å². The molecular formula is C15H22ClFN2O. The SMILES string of the molecule is CC(C)(O)CN1CCN(Cc2ccc(Cl)cc2F)CC1. The Morgan fingerprint density at radius 3 is 2.35 bits per heavy atom. The second-order valence-corrected chi connectivity index (χ2v) is 6.54. The Kier molecular flexibility index (Phi) is 5.02. The van der Waals surface area contributed by atoms with E-state index in [9.17, 15) is 9.50 Å². The third-order valence-electron chi connectivity index (χ3n) is 3.48. The standard InChI is InChI=1S/C15H22ClFN2O/c1-15(2,20)11-19-7-5-18(6-8-19)10-12-3-4-13(16)9-14(12)17/h3-4,9,20H,5-8,10-11H2,1-2H3. The van der Waals surface area contributed by atoms with Gasteiger partial charge in [-0.25, -0.2) is 4.39 Å². The molecule has 2 rings (SSSR count). The molecule has 112 valence electrons. The van der Waals surface area contributed by atoms with Crippen molar-refractivity contribution in [3.05, 3.63) is 34.6 Å². The molecule has 1 heterocycles. The van der Waals surface area contributed by atoms with Crippen LogP contribution in [-0.4, -0.2) is 53.2 Å². The summed E-state index contributed by atoms with van der Waals surface area (Å²) in [5.41, 5.74) is 0.0233. The lowest BCUT2D eigenvalue weighted by molar-refractivity contribution is 0.0165. The fourth-order valence-electron chi connectivity index (χ4n) is 2.54. The summed E-state index contributed by atoms with van der Waals surface area (Å²) in [6, 6.07) is 4.84. The van der Waals surface area contributed by atoms with Gasteiger partial charge in [0.05, 0.1) is 5.60 Å². The van der Waals surface area contributed by atoms with Crippen LogP contribution in [0.25, 0.3) is 0 Å². The minimum Gasteiger partial charge on any atom is -0.389 e. The average molecular weight is 301 g/mol. The van der Waals surface area contributed by atoms with Gasteiger partial charge >= 0.3 is 0 Å². The number of halogens is 2. The van der Waals surface area contributed by atoms with Crippen LogP contribution in [0.4, 0.5) is 4.39 Å². The van der Waals surface area contributed by atoms with Gasteiger partial charge in [-0.1, -0.05) is 17.7 Å². The molecule has 5 heteroatoms. The fourth-order valence-corrected chi connectivity index (χ4v) is 2.70. The summed E-state index contributed by atoms with van der Waals surface area (Å²) >= 11 is 5.76. The largest absolute Gasteiger partial charge is 0.389 e. The maximum Gasteiger partial charge on any atom is 0.129 e. The van der Waals surface area contributed by atoms with E-state index < -0.39 is 5.60 Å². The average Bonchev–Trinajstić information content (AvgIpc) is 2.33. The lowest BCUT2D eigenvalue weighted by Gasteiger charge is -2.37. The third kappa shape index (κ3) is 4.70. The Bertz CT molecular complexity index is 454. The second kappa shape index (κ2) is 6.39. The molecule has 0 aromatic heterocycles. The topological polar surface area (TPSA) is 26.7 Å². The van der Waals surface area contributed by atoms with Crippen molar-refractivity contribution in [1.82, 2.24) is 9.80 Å². The van der Waals surface area contributed by atoms with Crippen molar-refractivity contribution >= 4 is 11.6 Å². The molecule has 0 atom stereocenters. The quantitative estimate of drug-likeness (QED) is 0.925. The number of piperazine rings is 1. The molecule has 0 amide bonds. The monoisotopic (exact) mass is 300 g/mol. The van der Waals surface area contributed by atoms with Gasteiger partial charge < -0.3 is 5.11 Å². The highest BCUT2D eigenvalue weighted by Gasteiger charge is 2.23. The maximum atomic E-state index is 13.7. The molecular weight excluding hydrogens is 279 g/mol. The molecule has 3 nitrogen and oxygen atoms in total. The fraction of sp³-hybridized carbons (Fsp3) is 0.600. The zero-order chi connectivity index (χ0) is 14.8. The van der Waals surface area contributed by atoms with Crippen molar-refractivity contribution < 1.29 is 9.50 Å². The van der Waals surface area contributed by atoms with E-state index in [-0.39, 0.29) is 5.82 Å². The van der Waals surface area contributed by atoms with Crippen LogP contribution in [0.5, 0.6) is 0 Å². The summed E-state index contributed by atoms with van der Waals surface area (Å²) in [5.74, 6) is -0.239. The van der Waals surface area contributed by atoms with Gasteiger partial charge in [0.2, 0.25) is 0 Å². The Hall–Kier alpha value is -0.680. The van der Waals surface area contributed by atoms with Crippen molar-refractivity contribution in [2.45, 2.75) is 26.0 Å². The molecule has 1 fully saturated rings. The first-order valence-electron chi connectivity index (χ1n) is 6.94. The first-order chi connectivity index (χ1) is 9.33. The predicted molar refractivity (Wildman–Crippen MR) is 79.4 cm³/mol. The van der Waals surface area contributed by atoms with Crippen LogP contribution in [-0.2, 0) is 6.54 Å². The summed E-state index contributed by atoms with van der Waals surface area (Å²) in [7, 11) is 0. The molecule has 20 heavy (non-hydrogen) atoms. The van der Waals surface area contributed by atoms with Crippen molar-refractivity contribution in [2.75, 3.05) is 32.7 Å². The normalized spacial score (nSPS) is 18.4. The highest BCUT2D eigenvalue weighted by atomic mass is 35.5. The van der Waals surface area contributed by atoms with Crippen molar-refractivity contribution in [3.8, 4) is 0 Å². The van der Waals surface area contributed by atoms with E-state index in [1.54, 1.807) is 12.1 Å². The smallest absolute Gasteiger partial charge is 0.129 e. The van der Waals surface area contributed by atoms with E-state index in [1.807, 2.05) is 13.8 Å². The van der Waals surface area contributed by atoms with Crippen LogP contribution >= 0.6 is 11.6 Å². The molecule has 0 unspecified atom stereocenters. The summed E-state index contributed by atoms with van der Waals surface area (Å²) in [5, 5.41) is 10.2. The lowest BCUT2D eigenvalue weighted by atomic mass is 10.1. The van der Waals surface area contributed by atoms with Gasteiger partial charge in [-0.05, 0) is 26.0 Å².